The van der Waals surface area contributed by atoms with E-state index in [1.54, 1.807) is 0 Å². The van der Waals surface area contributed by atoms with Gasteiger partial charge < -0.3 is 19.7 Å². The van der Waals surface area contributed by atoms with Gasteiger partial charge in [-0.2, -0.15) is 0 Å². The van der Waals surface area contributed by atoms with Crippen LogP contribution in [0.3, 0.4) is 0 Å². The maximum absolute atomic E-state index is 12.1. The molecule has 0 amide bonds. The largest absolute Gasteiger partial charge is 0.506 e. The van der Waals surface area contributed by atoms with E-state index in [1.807, 2.05) is 97.1 Å². The Balaban J connectivity index is 1.27. The molecule has 226 valence electrons. The molecule has 0 saturated carbocycles. The Morgan fingerprint density at radius 3 is 1.35 bits per heavy atom. The fourth-order valence-electron chi connectivity index (χ4n) is 6.61. The molecule has 0 fully saturated rings. The molecule has 0 radical (unpaired) electrons. The summed E-state index contributed by atoms with van der Waals surface area (Å²) in [7, 11) is 0. The van der Waals surface area contributed by atoms with Crippen LogP contribution in [0.25, 0.3) is 32.7 Å². The van der Waals surface area contributed by atoms with Gasteiger partial charge in [-0.25, -0.2) is 9.98 Å². The van der Waals surface area contributed by atoms with Crippen LogP contribution in [0.2, 0.25) is 0 Å². The minimum atomic E-state index is -0.0642. The highest BCUT2D eigenvalue weighted by atomic mass is 16.5. The maximum atomic E-state index is 12.1. The second-order valence-electron chi connectivity index (χ2n) is 11.9. The second-order valence-corrected chi connectivity index (χ2v) is 11.9. The highest BCUT2D eigenvalue weighted by molar-refractivity contribution is 6.16. The SMILES string of the molecule is Oc1c(C2=N[C@H](Cc3ccccc3)CO2)cc2ccccc2c1-c1c(O)c(C2=N[C@H](Cc3ccccc3)CO2)cc2ccccc12. The van der Waals surface area contributed by atoms with Gasteiger partial charge in [-0.1, -0.05) is 109 Å². The van der Waals surface area contributed by atoms with Crippen molar-refractivity contribution in [3.63, 3.8) is 0 Å². The molecule has 0 aromatic heterocycles. The van der Waals surface area contributed by atoms with Crippen molar-refractivity contribution in [3.8, 4) is 22.6 Å². The molecule has 46 heavy (non-hydrogen) atoms. The van der Waals surface area contributed by atoms with Crippen LogP contribution in [-0.2, 0) is 22.3 Å². The fraction of sp³-hybridized carbons (Fsp3) is 0.150. The summed E-state index contributed by atoms with van der Waals surface area (Å²) in [6, 6.07) is 39.9. The predicted molar refractivity (Wildman–Crippen MR) is 183 cm³/mol. The van der Waals surface area contributed by atoms with Crippen molar-refractivity contribution in [2.45, 2.75) is 24.9 Å². The molecule has 0 saturated heterocycles. The van der Waals surface area contributed by atoms with Gasteiger partial charge in [0, 0.05) is 11.1 Å². The minimum absolute atomic E-state index is 0.00615. The van der Waals surface area contributed by atoms with Gasteiger partial charge in [0.2, 0.25) is 11.8 Å². The van der Waals surface area contributed by atoms with Gasteiger partial charge in [-0.05, 0) is 57.6 Å². The Kier molecular flexibility index (Phi) is 7.10. The fourth-order valence-corrected chi connectivity index (χ4v) is 6.61. The molecule has 2 aliphatic heterocycles. The molecule has 6 heteroatoms. The molecule has 6 aromatic rings. The first-order valence-electron chi connectivity index (χ1n) is 15.6. The third kappa shape index (κ3) is 5.12. The van der Waals surface area contributed by atoms with E-state index in [1.165, 1.54) is 11.1 Å². The second kappa shape index (κ2) is 11.7. The number of benzene rings is 6. The number of aromatic hydroxyl groups is 2. The van der Waals surface area contributed by atoms with Crippen molar-refractivity contribution in [2.75, 3.05) is 13.2 Å². The first-order valence-corrected chi connectivity index (χ1v) is 15.6. The number of hydrogen-bond acceptors (Lipinski definition) is 6. The van der Waals surface area contributed by atoms with E-state index in [2.05, 4.69) is 24.3 Å². The maximum Gasteiger partial charge on any atom is 0.220 e. The minimum Gasteiger partial charge on any atom is -0.506 e. The molecule has 2 N–H and O–H groups in total. The highest BCUT2D eigenvalue weighted by Crippen LogP contribution is 2.48. The standard InChI is InChI=1S/C40H32N2O4/c43-37-33(39-41-29(23-45-39)19-25-11-3-1-4-12-25)21-27-15-7-9-17-31(27)35(37)36-32-18-10-8-16-28(32)22-34(38(36)44)40-42-30(24-46-40)20-26-13-5-2-6-14-26/h1-18,21-22,29-30,43-44H,19-20,23-24H2/t29-,30-/m1/s1. The Morgan fingerprint density at radius 1 is 0.522 bits per heavy atom. The number of nitrogens with zero attached hydrogens (tertiary/aromatic N) is 2. The van der Waals surface area contributed by atoms with Gasteiger partial charge in [-0.3, -0.25) is 0 Å². The third-order valence-electron chi connectivity index (χ3n) is 8.81. The van der Waals surface area contributed by atoms with E-state index in [9.17, 15) is 10.2 Å². The average molecular weight is 605 g/mol. The summed E-state index contributed by atoms with van der Waals surface area (Å²) in [5, 5.41) is 27.6. The van der Waals surface area contributed by atoms with E-state index in [0.717, 1.165) is 34.4 Å². The van der Waals surface area contributed by atoms with Gasteiger partial charge in [0.1, 0.15) is 24.7 Å². The van der Waals surface area contributed by atoms with Gasteiger partial charge in [-0.15, -0.1) is 0 Å². The van der Waals surface area contributed by atoms with E-state index in [4.69, 9.17) is 19.5 Å². The summed E-state index contributed by atoms with van der Waals surface area (Å²) in [5.74, 6) is 0.813. The lowest BCUT2D eigenvalue weighted by molar-refractivity contribution is 0.315. The number of aliphatic imine (C=N–C) groups is 2. The highest BCUT2D eigenvalue weighted by Gasteiger charge is 2.30. The number of fused-ring (bicyclic) bond motifs is 2. The Bertz CT molecular complexity index is 1990. The molecule has 0 unspecified atom stereocenters. The van der Waals surface area contributed by atoms with Crippen LogP contribution in [0.5, 0.6) is 11.5 Å². The lowest BCUT2D eigenvalue weighted by atomic mass is 9.88. The molecule has 0 bridgehead atoms. The molecular formula is C40H32N2O4. The zero-order valence-electron chi connectivity index (χ0n) is 25.1. The molecule has 2 aliphatic rings. The predicted octanol–water partition coefficient (Wildman–Crippen LogP) is 7.85. The molecular weight excluding hydrogens is 572 g/mol. The van der Waals surface area contributed by atoms with Crippen molar-refractivity contribution in [3.05, 3.63) is 144 Å². The van der Waals surface area contributed by atoms with Gasteiger partial charge >= 0.3 is 0 Å². The number of ether oxygens (including phenoxy) is 2. The van der Waals surface area contributed by atoms with Crippen LogP contribution in [0.15, 0.2) is 131 Å². The van der Waals surface area contributed by atoms with Crippen LogP contribution in [-0.4, -0.2) is 47.3 Å². The van der Waals surface area contributed by atoms with Gasteiger partial charge in [0.15, 0.2) is 0 Å². The van der Waals surface area contributed by atoms with Crippen LogP contribution < -0.4 is 0 Å². The van der Waals surface area contributed by atoms with E-state index >= 15 is 0 Å². The molecule has 2 heterocycles. The zero-order valence-corrected chi connectivity index (χ0v) is 25.1. The van der Waals surface area contributed by atoms with Crippen molar-refractivity contribution in [1.82, 2.24) is 0 Å². The number of hydrogen-bond donors (Lipinski definition) is 2. The Labute approximate surface area is 266 Å². The Morgan fingerprint density at radius 2 is 0.913 bits per heavy atom. The summed E-state index contributed by atoms with van der Waals surface area (Å²) < 4.78 is 12.2. The molecule has 6 aromatic carbocycles. The van der Waals surface area contributed by atoms with Crippen LogP contribution in [0, 0.1) is 0 Å². The number of phenols is 2. The van der Waals surface area contributed by atoms with E-state index in [-0.39, 0.29) is 23.6 Å². The van der Waals surface area contributed by atoms with Crippen LogP contribution in [0.1, 0.15) is 22.3 Å². The van der Waals surface area contributed by atoms with E-state index < -0.39 is 0 Å². The van der Waals surface area contributed by atoms with Gasteiger partial charge in [0.25, 0.3) is 0 Å². The normalized spacial score (nSPS) is 17.5. The number of rotatable bonds is 7. The van der Waals surface area contributed by atoms with Gasteiger partial charge in [0.05, 0.1) is 23.2 Å². The quantitative estimate of drug-likeness (QED) is 0.194. The first kappa shape index (κ1) is 27.9. The smallest absolute Gasteiger partial charge is 0.220 e. The Hall–Kier alpha value is -5.62. The third-order valence-corrected chi connectivity index (χ3v) is 8.81. The molecule has 8 rings (SSSR count). The summed E-state index contributed by atoms with van der Waals surface area (Å²) in [5.41, 5.74) is 4.38. The van der Waals surface area contributed by atoms with E-state index in [0.29, 0.717) is 47.3 Å². The average Bonchev–Trinajstić information content (AvgIpc) is 3.76. The summed E-state index contributed by atoms with van der Waals surface area (Å²) in [6.45, 7) is 0.855. The van der Waals surface area contributed by atoms with Crippen LogP contribution in [0.4, 0.5) is 0 Å². The number of phenolic OH excluding ortho intramolecular Hbond substituents is 2. The lowest BCUT2D eigenvalue weighted by Gasteiger charge is -2.18. The summed E-state index contributed by atoms with van der Waals surface area (Å²) in [6.07, 6.45) is 1.48. The summed E-state index contributed by atoms with van der Waals surface area (Å²) >= 11 is 0. The van der Waals surface area contributed by atoms with Crippen molar-refractivity contribution >= 4 is 33.3 Å². The zero-order chi connectivity index (χ0) is 31.0. The molecule has 0 spiro atoms. The van der Waals surface area contributed by atoms with Crippen molar-refractivity contribution < 1.29 is 19.7 Å². The molecule has 2 atom stereocenters. The van der Waals surface area contributed by atoms with Crippen LogP contribution >= 0.6 is 0 Å². The molecule has 0 aliphatic carbocycles. The summed E-state index contributed by atoms with van der Waals surface area (Å²) in [4.78, 5) is 9.79. The molecule has 6 nitrogen and oxygen atoms in total. The van der Waals surface area contributed by atoms with Crippen molar-refractivity contribution in [2.24, 2.45) is 9.98 Å². The topological polar surface area (TPSA) is 83.6 Å². The lowest BCUT2D eigenvalue weighted by Crippen LogP contribution is -2.09. The monoisotopic (exact) mass is 604 g/mol. The first-order chi connectivity index (χ1) is 22.6. The van der Waals surface area contributed by atoms with Crippen molar-refractivity contribution in [1.29, 1.82) is 0 Å².